The molecule has 3 N–H and O–H groups in total. The average molecular weight is 216 g/mol. The fourth-order valence-electron chi connectivity index (χ4n) is 1.97. The molecular weight excluding hydrogens is 196 g/mol. The topological polar surface area (TPSA) is 44.3 Å². The van der Waals surface area contributed by atoms with Crippen molar-refractivity contribution in [1.82, 2.24) is 10.6 Å². The number of nitrogens with one attached hydrogen (secondary N) is 2. The predicted octanol–water partition coefficient (Wildman–Crippen LogP) is 1.02. The van der Waals surface area contributed by atoms with E-state index in [1.807, 2.05) is 0 Å². The van der Waals surface area contributed by atoms with Crippen molar-refractivity contribution in [2.24, 2.45) is 5.92 Å². The van der Waals surface area contributed by atoms with Gasteiger partial charge in [-0.15, -0.1) is 0 Å². The number of aliphatic hydroxyl groups is 1. The van der Waals surface area contributed by atoms with Crippen LogP contribution in [0.25, 0.3) is 0 Å². The highest BCUT2D eigenvalue weighted by atomic mass is 32.1. The maximum Gasteiger partial charge on any atom is 0.166 e. The molecule has 1 aliphatic carbocycles. The molecule has 0 aromatic rings. The van der Waals surface area contributed by atoms with Crippen LogP contribution in [0.5, 0.6) is 0 Å². The molecule has 4 heteroatoms. The Kier molecular flexibility index (Phi) is 5.19. The third kappa shape index (κ3) is 4.24. The van der Waals surface area contributed by atoms with E-state index in [-0.39, 0.29) is 6.61 Å². The van der Waals surface area contributed by atoms with Gasteiger partial charge in [0.05, 0.1) is 6.61 Å². The molecule has 0 radical (unpaired) electrons. The molecule has 0 aromatic heterocycles. The van der Waals surface area contributed by atoms with Crippen molar-refractivity contribution in [3.8, 4) is 0 Å². The molecule has 1 aliphatic rings. The van der Waals surface area contributed by atoms with Crippen LogP contribution >= 0.6 is 12.2 Å². The lowest BCUT2D eigenvalue weighted by molar-refractivity contribution is 0.298. The van der Waals surface area contributed by atoms with E-state index in [4.69, 9.17) is 17.3 Å². The third-order valence-electron chi connectivity index (χ3n) is 2.67. The van der Waals surface area contributed by atoms with Gasteiger partial charge in [-0.25, -0.2) is 0 Å². The van der Waals surface area contributed by atoms with Crippen molar-refractivity contribution < 1.29 is 5.11 Å². The van der Waals surface area contributed by atoms with Gasteiger partial charge in [0, 0.05) is 12.6 Å². The Hall–Kier alpha value is -0.350. The summed E-state index contributed by atoms with van der Waals surface area (Å²) in [7, 11) is 0. The van der Waals surface area contributed by atoms with Crippen molar-refractivity contribution in [2.75, 3.05) is 13.2 Å². The first-order valence-corrected chi connectivity index (χ1v) is 5.78. The van der Waals surface area contributed by atoms with E-state index in [0.29, 0.717) is 17.7 Å². The number of aliphatic hydroxyl groups excluding tert-OH is 1. The predicted molar refractivity (Wildman–Crippen MR) is 62.2 cm³/mol. The van der Waals surface area contributed by atoms with Crippen molar-refractivity contribution in [3.63, 3.8) is 0 Å². The Labute approximate surface area is 91.3 Å². The van der Waals surface area contributed by atoms with E-state index in [1.165, 1.54) is 25.7 Å². The van der Waals surface area contributed by atoms with Crippen LogP contribution in [-0.4, -0.2) is 29.4 Å². The molecule has 0 spiro atoms. The molecule has 82 valence electrons. The number of hydrogen-bond acceptors (Lipinski definition) is 2. The number of rotatable bonds is 3. The second kappa shape index (κ2) is 6.19. The monoisotopic (exact) mass is 216 g/mol. The molecule has 1 saturated carbocycles. The second-order valence-corrected chi connectivity index (χ2v) is 4.50. The van der Waals surface area contributed by atoms with Crippen molar-refractivity contribution in [1.29, 1.82) is 0 Å². The lowest BCUT2D eigenvalue weighted by Gasteiger charge is -2.28. The minimum atomic E-state index is 0.128. The van der Waals surface area contributed by atoms with Crippen molar-refractivity contribution >= 4 is 17.3 Å². The lowest BCUT2D eigenvalue weighted by atomic mass is 9.87. The largest absolute Gasteiger partial charge is 0.395 e. The number of hydrogen-bond donors (Lipinski definition) is 3. The summed E-state index contributed by atoms with van der Waals surface area (Å²) in [5, 5.41) is 15.6. The Bertz CT molecular complexity index is 187. The van der Waals surface area contributed by atoms with Crippen LogP contribution in [0.3, 0.4) is 0 Å². The highest BCUT2D eigenvalue weighted by Crippen LogP contribution is 2.23. The summed E-state index contributed by atoms with van der Waals surface area (Å²) in [6, 6.07) is 0.525. The van der Waals surface area contributed by atoms with Crippen LogP contribution in [0.15, 0.2) is 0 Å². The summed E-state index contributed by atoms with van der Waals surface area (Å²) in [4.78, 5) is 0. The van der Waals surface area contributed by atoms with Crippen LogP contribution in [-0.2, 0) is 0 Å². The van der Waals surface area contributed by atoms with E-state index < -0.39 is 0 Å². The Morgan fingerprint density at radius 2 is 2.29 bits per heavy atom. The van der Waals surface area contributed by atoms with Crippen LogP contribution in [0.1, 0.15) is 32.6 Å². The zero-order valence-electron chi connectivity index (χ0n) is 8.75. The van der Waals surface area contributed by atoms with E-state index >= 15 is 0 Å². The second-order valence-electron chi connectivity index (χ2n) is 4.09. The first kappa shape index (κ1) is 11.7. The fourth-order valence-corrected chi connectivity index (χ4v) is 2.24. The van der Waals surface area contributed by atoms with Gasteiger partial charge in [-0.3, -0.25) is 0 Å². The standard InChI is InChI=1S/C10H20N2OS/c1-8-3-2-4-9(7-8)12-10(14)11-5-6-13/h8-9,13H,2-7H2,1H3,(H2,11,12,14)/t8-,9+/m1/s1. The number of thiocarbonyl (C=S) groups is 1. The van der Waals surface area contributed by atoms with Gasteiger partial charge in [-0.2, -0.15) is 0 Å². The summed E-state index contributed by atoms with van der Waals surface area (Å²) < 4.78 is 0. The molecule has 2 atom stereocenters. The normalized spacial score (nSPS) is 27.0. The minimum Gasteiger partial charge on any atom is -0.395 e. The molecule has 1 rings (SSSR count). The van der Waals surface area contributed by atoms with E-state index in [2.05, 4.69) is 17.6 Å². The molecule has 0 aromatic carbocycles. The quantitative estimate of drug-likeness (QED) is 0.616. The summed E-state index contributed by atoms with van der Waals surface area (Å²) in [5.74, 6) is 0.807. The fraction of sp³-hybridized carbons (Fsp3) is 0.900. The Morgan fingerprint density at radius 1 is 1.50 bits per heavy atom. The maximum atomic E-state index is 8.61. The smallest absolute Gasteiger partial charge is 0.166 e. The van der Waals surface area contributed by atoms with Gasteiger partial charge in [0.15, 0.2) is 5.11 Å². The van der Waals surface area contributed by atoms with E-state index in [0.717, 1.165) is 5.92 Å². The Balaban J connectivity index is 2.18. The molecule has 3 nitrogen and oxygen atoms in total. The summed E-state index contributed by atoms with van der Waals surface area (Å²) in [5.41, 5.74) is 0. The average Bonchev–Trinajstić information content (AvgIpc) is 2.15. The van der Waals surface area contributed by atoms with Gasteiger partial charge < -0.3 is 15.7 Å². The van der Waals surface area contributed by atoms with E-state index in [9.17, 15) is 0 Å². The summed E-state index contributed by atoms with van der Waals surface area (Å²) >= 11 is 5.11. The first-order valence-electron chi connectivity index (χ1n) is 5.37. The molecule has 0 aliphatic heterocycles. The van der Waals surface area contributed by atoms with Gasteiger partial charge in [-0.1, -0.05) is 19.8 Å². The molecule has 0 bridgehead atoms. The summed E-state index contributed by atoms with van der Waals surface area (Å²) in [6.45, 7) is 2.95. The zero-order valence-corrected chi connectivity index (χ0v) is 9.57. The molecule has 0 amide bonds. The van der Waals surface area contributed by atoms with Gasteiger partial charge in [-0.05, 0) is 31.0 Å². The van der Waals surface area contributed by atoms with Gasteiger partial charge in [0.2, 0.25) is 0 Å². The Morgan fingerprint density at radius 3 is 2.93 bits per heavy atom. The summed E-state index contributed by atoms with van der Waals surface area (Å²) in [6.07, 6.45) is 5.06. The molecule has 0 unspecified atom stereocenters. The SMILES string of the molecule is C[C@@H]1CCC[C@H](NC(=S)NCCO)C1. The maximum absolute atomic E-state index is 8.61. The molecular formula is C10H20N2OS. The first-order chi connectivity index (χ1) is 6.72. The zero-order chi connectivity index (χ0) is 10.4. The highest BCUT2D eigenvalue weighted by molar-refractivity contribution is 7.80. The lowest BCUT2D eigenvalue weighted by Crippen LogP contribution is -2.44. The van der Waals surface area contributed by atoms with Crippen LogP contribution in [0.4, 0.5) is 0 Å². The van der Waals surface area contributed by atoms with Gasteiger partial charge >= 0.3 is 0 Å². The van der Waals surface area contributed by atoms with Crippen LogP contribution in [0, 0.1) is 5.92 Å². The molecule has 0 heterocycles. The van der Waals surface area contributed by atoms with Crippen LogP contribution in [0.2, 0.25) is 0 Å². The molecule has 1 fully saturated rings. The minimum absolute atomic E-state index is 0.128. The molecule has 0 saturated heterocycles. The van der Waals surface area contributed by atoms with Crippen LogP contribution < -0.4 is 10.6 Å². The van der Waals surface area contributed by atoms with Crippen molar-refractivity contribution in [2.45, 2.75) is 38.6 Å². The van der Waals surface area contributed by atoms with E-state index in [1.54, 1.807) is 0 Å². The highest BCUT2D eigenvalue weighted by Gasteiger charge is 2.18. The molecule has 14 heavy (non-hydrogen) atoms. The third-order valence-corrected chi connectivity index (χ3v) is 2.93. The van der Waals surface area contributed by atoms with Gasteiger partial charge in [0.1, 0.15) is 0 Å². The van der Waals surface area contributed by atoms with Crippen molar-refractivity contribution in [3.05, 3.63) is 0 Å². The van der Waals surface area contributed by atoms with Gasteiger partial charge in [0.25, 0.3) is 0 Å².